The molecule has 0 aliphatic carbocycles. The van der Waals surface area contributed by atoms with E-state index < -0.39 is 0 Å². The van der Waals surface area contributed by atoms with Crippen LogP contribution in [0, 0.1) is 12.8 Å². The molecular formula is C20H24N6O2. The lowest BCUT2D eigenvalue weighted by molar-refractivity contribution is -0.134. The van der Waals surface area contributed by atoms with Gasteiger partial charge in [0.25, 0.3) is 5.56 Å². The number of fused-ring (bicyclic) bond motifs is 1. The Morgan fingerprint density at radius 3 is 2.89 bits per heavy atom. The van der Waals surface area contributed by atoms with Crippen LogP contribution < -0.4 is 5.56 Å². The van der Waals surface area contributed by atoms with Crippen LogP contribution in [-0.4, -0.2) is 48.9 Å². The molecule has 1 aromatic carbocycles. The number of rotatable bonds is 4. The molecule has 28 heavy (non-hydrogen) atoms. The number of hydrogen-bond acceptors (Lipinski definition) is 5. The number of piperidine rings is 1. The van der Waals surface area contributed by atoms with Crippen molar-refractivity contribution in [2.24, 2.45) is 5.92 Å². The highest BCUT2D eigenvalue weighted by atomic mass is 16.2. The van der Waals surface area contributed by atoms with E-state index in [1.165, 1.54) is 0 Å². The molecule has 146 valence electrons. The van der Waals surface area contributed by atoms with Crippen molar-refractivity contribution in [1.29, 1.82) is 0 Å². The van der Waals surface area contributed by atoms with Crippen molar-refractivity contribution in [2.75, 3.05) is 13.1 Å². The van der Waals surface area contributed by atoms with Gasteiger partial charge in [0, 0.05) is 19.6 Å². The Morgan fingerprint density at radius 2 is 2.11 bits per heavy atom. The first-order valence-electron chi connectivity index (χ1n) is 9.67. The van der Waals surface area contributed by atoms with Gasteiger partial charge in [-0.25, -0.2) is 9.67 Å². The number of nitrogens with zero attached hydrogens (tertiary/aromatic N) is 5. The van der Waals surface area contributed by atoms with Gasteiger partial charge in [-0.3, -0.25) is 9.59 Å². The largest absolute Gasteiger partial charge is 0.342 e. The van der Waals surface area contributed by atoms with Crippen LogP contribution in [0.25, 0.3) is 11.2 Å². The van der Waals surface area contributed by atoms with Crippen LogP contribution in [0.15, 0.2) is 35.1 Å². The quantitative estimate of drug-likeness (QED) is 0.745. The minimum atomic E-state index is -0.272. The highest BCUT2D eigenvalue weighted by Crippen LogP contribution is 2.24. The first-order valence-corrected chi connectivity index (χ1v) is 9.67. The van der Waals surface area contributed by atoms with Crippen LogP contribution in [-0.2, 0) is 11.3 Å². The average Bonchev–Trinajstić information content (AvgIpc) is 3.10. The molecule has 1 aliphatic heterocycles. The number of amides is 1. The highest BCUT2D eigenvalue weighted by Gasteiger charge is 2.28. The van der Waals surface area contributed by atoms with Gasteiger partial charge in [-0.05, 0) is 38.2 Å². The second kappa shape index (κ2) is 7.53. The monoisotopic (exact) mass is 380 g/mol. The van der Waals surface area contributed by atoms with Crippen molar-refractivity contribution in [3.63, 3.8) is 0 Å². The number of benzene rings is 1. The van der Waals surface area contributed by atoms with Gasteiger partial charge in [0.15, 0.2) is 11.2 Å². The van der Waals surface area contributed by atoms with E-state index in [2.05, 4.69) is 20.3 Å². The smallest absolute Gasteiger partial charge is 0.281 e. The number of H-pyrrole nitrogens is 1. The molecule has 1 fully saturated rings. The van der Waals surface area contributed by atoms with Crippen LogP contribution in [0.2, 0.25) is 0 Å². The zero-order chi connectivity index (χ0) is 19.7. The average molecular weight is 380 g/mol. The number of aromatic nitrogens is 5. The summed E-state index contributed by atoms with van der Waals surface area (Å²) in [6, 6.07) is 9.88. The van der Waals surface area contributed by atoms with Crippen molar-refractivity contribution >= 4 is 17.1 Å². The summed E-state index contributed by atoms with van der Waals surface area (Å²) in [5.41, 5.74) is 1.52. The molecule has 4 rings (SSSR count). The molecule has 8 nitrogen and oxygen atoms in total. The summed E-state index contributed by atoms with van der Waals surface area (Å²) in [6.07, 6.45) is 1.96. The fourth-order valence-corrected chi connectivity index (χ4v) is 3.92. The number of aryl methyl sites for hydroxylation is 1. The van der Waals surface area contributed by atoms with Gasteiger partial charge in [0.1, 0.15) is 5.82 Å². The number of carbonyl (C=O) groups excluding carboxylic acids is 1. The third-order valence-electron chi connectivity index (χ3n) is 5.42. The maximum Gasteiger partial charge on any atom is 0.281 e. The van der Waals surface area contributed by atoms with Crippen molar-refractivity contribution < 1.29 is 4.79 Å². The predicted molar refractivity (Wildman–Crippen MR) is 105 cm³/mol. The molecule has 1 aliphatic rings. The summed E-state index contributed by atoms with van der Waals surface area (Å²) < 4.78 is 1.69. The fraction of sp³-hybridized carbons (Fsp3) is 0.450. The van der Waals surface area contributed by atoms with E-state index in [0.29, 0.717) is 24.6 Å². The zero-order valence-corrected chi connectivity index (χ0v) is 16.1. The second-order valence-corrected chi connectivity index (χ2v) is 7.52. The summed E-state index contributed by atoms with van der Waals surface area (Å²) in [5, 5.41) is 8.10. The first kappa shape index (κ1) is 18.3. The Labute approximate surface area is 162 Å². The Kier molecular flexibility index (Phi) is 4.93. The van der Waals surface area contributed by atoms with E-state index in [1.807, 2.05) is 42.2 Å². The van der Waals surface area contributed by atoms with Crippen molar-refractivity contribution in [2.45, 2.75) is 39.2 Å². The standard InChI is InChI=1S/C20H24N6O2/c1-13(16-8-4-3-5-9-16)20(28)25-10-6-7-15(11-25)12-26-18-17(23-24-26)19(27)22-14(2)21-18/h3-5,8-9,13,15H,6-7,10-12H2,1-2H3,(H,21,22,27)/t13?,15-/m1/s1. The molecule has 0 saturated carbocycles. The molecule has 0 bridgehead atoms. The van der Waals surface area contributed by atoms with Gasteiger partial charge < -0.3 is 9.88 Å². The summed E-state index contributed by atoms with van der Waals surface area (Å²) in [4.78, 5) is 34.0. The van der Waals surface area contributed by atoms with Gasteiger partial charge in [0.05, 0.1) is 5.92 Å². The topological polar surface area (TPSA) is 96.8 Å². The number of carbonyl (C=O) groups is 1. The molecule has 3 heterocycles. The maximum atomic E-state index is 13.0. The molecule has 1 saturated heterocycles. The van der Waals surface area contributed by atoms with Crippen LogP contribution in [0.5, 0.6) is 0 Å². The fourth-order valence-electron chi connectivity index (χ4n) is 3.92. The Hall–Kier alpha value is -3.03. The minimum absolute atomic E-state index is 0.157. The molecule has 3 aromatic rings. The van der Waals surface area contributed by atoms with E-state index >= 15 is 0 Å². The SMILES string of the molecule is Cc1nc2c(nnn2C[C@@H]2CCCN(C(=O)C(C)c3ccccc3)C2)c(=O)[nH]1. The van der Waals surface area contributed by atoms with Crippen LogP contribution in [0.4, 0.5) is 0 Å². The van der Waals surface area contributed by atoms with Gasteiger partial charge in [-0.2, -0.15) is 0 Å². The second-order valence-electron chi connectivity index (χ2n) is 7.52. The third-order valence-corrected chi connectivity index (χ3v) is 5.42. The summed E-state index contributed by atoms with van der Waals surface area (Å²) in [6.45, 7) is 5.76. The van der Waals surface area contributed by atoms with Gasteiger partial charge in [-0.1, -0.05) is 35.5 Å². The molecule has 0 radical (unpaired) electrons. The van der Waals surface area contributed by atoms with E-state index in [9.17, 15) is 9.59 Å². The summed E-state index contributed by atoms with van der Waals surface area (Å²) >= 11 is 0. The van der Waals surface area contributed by atoms with E-state index in [4.69, 9.17) is 0 Å². The van der Waals surface area contributed by atoms with Crippen molar-refractivity contribution in [3.8, 4) is 0 Å². The molecular weight excluding hydrogens is 356 g/mol. The first-order chi connectivity index (χ1) is 13.5. The number of hydrogen-bond donors (Lipinski definition) is 1. The molecule has 2 atom stereocenters. The minimum Gasteiger partial charge on any atom is -0.342 e. The molecule has 2 aromatic heterocycles. The molecule has 1 unspecified atom stereocenters. The molecule has 8 heteroatoms. The lowest BCUT2D eigenvalue weighted by Crippen LogP contribution is -2.43. The Morgan fingerprint density at radius 1 is 1.32 bits per heavy atom. The number of likely N-dealkylation sites (tertiary alicyclic amines) is 1. The number of nitrogens with one attached hydrogen (secondary N) is 1. The van der Waals surface area contributed by atoms with Crippen molar-refractivity contribution in [1.82, 2.24) is 29.9 Å². The predicted octanol–water partition coefficient (Wildman–Crippen LogP) is 1.87. The Balaban J connectivity index is 1.49. The summed E-state index contributed by atoms with van der Waals surface area (Å²) in [7, 11) is 0. The Bertz CT molecular complexity index is 1040. The normalized spacial score (nSPS) is 18.4. The van der Waals surface area contributed by atoms with Crippen molar-refractivity contribution in [3.05, 3.63) is 52.1 Å². The van der Waals surface area contributed by atoms with Crippen LogP contribution in [0.3, 0.4) is 0 Å². The lowest BCUT2D eigenvalue weighted by Gasteiger charge is -2.34. The van der Waals surface area contributed by atoms with E-state index in [-0.39, 0.29) is 28.8 Å². The van der Waals surface area contributed by atoms with Crippen LogP contribution in [0.1, 0.15) is 37.1 Å². The van der Waals surface area contributed by atoms with Gasteiger partial charge in [0.2, 0.25) is 5.91 Å². The third kappa shape index (κ3) is 3.54. The van der Waals surface area contributed by atoms with Gasteiger partial charge in [-0.15, -0.1) is 5.10 Å². The molecule has 1 amide bonds. The maximum absolute atomic E-state index is 13.0. The number of aromatic amines is 1. The zero-order valence-electron chi connectivity index (χ0n) is 16.1. The highest BCUT2D eigenvalue weighted by molar-refractivity contribution is 5.83. The molecule has 0 spiro atoms. The lowest BCUT2D eigenvalue weighted by atomic mass is 9.94. The van der Waals surface area contributed by atoms with Crippen LogP contribution >= 0.6 is 0 Å². The van der Waals surface area contributed by atoms with E-state index in [0.717, 1.165) is 24.9 Å². The summed E-state index contributed by atoms with van der Waals surface area (Å²) in [5.74, 6) is 0.796. The van der Waals surface area contributed by atoms with E-state index in [1.54, 1.807) is 11.6 Å². The van der Waals surface area contributed by atoms with Gasteiger partial charge >= 0.3 is 0 Å². The molecule has 1 N–H and O–H groups in total.